The molecule has 0 spiro atoms. The molecule has 1 fully saturated rings. The van der Waals surface area contributed by atoms with Crippen LogP contribution in [0, 0.1) is 0 Å². The molecule has 0 unspecified atom stereocenters. The monoisotopic (exact) mass is 414 g/mol. The minimum Gasteiger partial charge on any atom is -0.496 e. The highest BCUT2D eigenvalue weighted by molar-refractivity contribution is 5.84. The van der Waals surface area contributed by atoms with Gasteiger partial charge in [0.15, 0.2) is 5.65 Å². The summed E-state index contributed by atoms with van der Waals surface area (Å²) in [6.45, 7) is 4.29. The summed E-state index contributed by atoms with van der Waals surface area (Å²) in [5.74, 6) is 1.29. The number of piperazine rings is 1. The highest BCUT2D eigenvalue weighted by atomic mass is 16.5. The number of hydrogen-bond donors (Lipinski definition) is 1. The topological polar surface area (TPSA) is 71.9 Å². The maximum Gasteiger partial charge on any atom is 0.165 e. The zero-order valence-electron chi connectivity index (χ0n) is 17.8. The molecule has 2 N–H and O–H groups in total. The van der Waals surface area contributed by atoms with Crippen molar-refractivity contribution in [1.29, 1.82) is 0 Å². The quantitative estimate of drug-likeness (QED) is 0.552. The van der Waals surface area contributed by atoms with E-state index < -0.39 is 0 Å². The molecular formula is C24H26N6O. The molecule has 2 aromatic heterocycles. The van der Waals surface area contributed by atoms with Gasteiger partial charge in [-0.3, -0.25) is 0 Å². The van der Waals surface area contributed by atoms with Crippen LogP contribution in [0.4, 0.5) is 11.5 Å². The Balaban J connectivity index is 1.48. The Kier molecular flexibility index (Phi) is 4.95. The van der Waals surface area contributed by atoms with Crippen molar-refractivity contribution in [1.82, 2.24) is 19.5 Å². The molecule has 7 heteroatoms. The summed E-state index contributed by atoms with van der Waals surface area (Å²) in [6, 6.07) is 16.4. The number of rotatable bonds is 4. The van der Waals surface area contributed by atoms with Crippen molar-refractivity contribution in [3.05, 3.63) is 60.9 Å². The first-order chi connectivity index (χ1) is 15.2. The van der Waals surface area contributed by atoms with E-state index in [1.807, 2.05) is 30.5 Å². The number of fused-ring (bicyclic) bond motifs is 1. The second-order valence-electron chi connectivity index (χ2n) is 7.89. The van der Waals surface area contributed by atoms with Crippen molar-refractivity contribution >= 4 is 17.2 Å². The second-order valence-corrected chi connectivity index (χ2v) is 7.89. The summed E-state index contributed by atoms with van der Waals surface area (Å²) in [6.07, 6.45) is 3.63. The van der Waals surface area contributed by atoms with Crippen LogP contribution in [0.2, 0.25) is 0 Å². The Morgan fingerprint density at radius 2 is 1.61 bits per heavy atom. The van der Waals surface area contributed by atoms with Crippen molar-refractivity contribution in [2.24, 2.45) is 0 Å². The predicted molar refractivity (Wildman–Crippen MR) is 125 cm³/mol. The lowest BCUT2D eigenvalue weighted by Gasteiger charge is -2.34. The maximum atomic E-state index is 6.49. The van der Waals surface area contributed by atoms with Gasteiger partial charge in [-0.1, -0.05) is 30.3 Å². The number of nitrogen functional groups attached to an aromatic ring is 1. The average molecular weight is 415 g/mol. The highest BCUT2D eigenvalue weighted by Crippen LogP contribution is 2.35. The molecule has 31 heavy (non-hydrogen) atoms. The van der Waals surface area contributed by atoms with Gasteiger partial charge in [0.1, 0.15) is 11.6 Å². The van der Waals surface area contributed by atoms with Gasteiger partial charge in [-0.2, -0.15) is 9.61 Å². The molecular weight excluding hydrogens is 388 g/mol. The first-order valence-electron chi connectivity index (χ1n) is 10.5. The Morgan fingerprint density at radius 3 is 2.35 bits per heavy atom. The number of ether oxygens (including phenoxy) is 1. The van der Waals surface area contributed by atoms with Crippen LogP contribution in [0.1, 0.15) is 0 Å². The fourth-order valence-electron chi connectivity index (χ4n) is 4.14. The van der Waals surface area contributed by atoms with E-state index in [1.54, 1.807) is 17.8 Å². The van der Waals surface area contributed by atoms with Gasteiger partial charge in [-0.05, 0) is 30.8 Å². The maximum absolute atomic E-state index is 6.49. The first-order valence-corrected chi connectivity index (χ1v) is 10.5. The number of para-hydroxylation sites is 1. The average Bonchev–Trinajstić information content (AvgIpc) is 3.25. The Bertz CT molecular complexity index is 1210. The fourth-order valence-corrected chi connectivity index (χ4v) is 4.14. The molecule has 1 aliphatic heterocycles. The largest absolute Gasteiger partial charge is 0.496 e. The zero-order chi connectivity index (χ0) is 21.4. The number of nitrogens with two attached hydrogens (primary N) is 1. The van der Waals surface area contributed by atoms with Crippen LogP contribution in [-0.2, 0) is 0 Å². The summed E-state index contributed by atoms with van der Waals surface area (Å²) in [4.78, 5) is 9.49. The summed E-state index contributed by atoms with van der Waals surface area (Å²) in [5.41, 5.74) is 12.2. The first kappa shape index (κ1) is 19.4. The van der Waals surface area contributed by atoms with Crippen molar-refractivity contribution < 1.29 is 4.74 Å². The van der Waals surface area contributed by atoms with Gasteiger partial charge in [0.05, 0.1) is 13.3 Å². The number of anilines is 2. The van der Waals surface area contributed by atoms with Gasteiger partial charge in [-0.25, -0.2) is 4.98 Å². The number of likely N-dealkylation sites (N-methyl/N-ethyl adjacent to an activating group) is 1. The van der Waals surface area contributed by atoms with Crippen LogP contribution in [-0.4, -0.2) is 59.8 Å². The third kappa shape index (κ3) is 3.47. The van der Waals surface area contributed by atoms with E-state index in [2.05, 4.69) is 46.2 Å². The lowest BCUT2D eigenvalue weighted by Crippen LogP contribution is -2.44. The zero-order valence-corrected chi connectivity index (χ0v) is 17.8. The van der Waals surface area contributed by atoms with Crippen LogP contribution in [0.15, 0.2) is 60.9 Å². The van der Waals surface area contributed by atoms with Crippen LogP contribution < -0.4 is 15.4 Å². The minimum atomic E-state index is 0.537. The second kappa shape index (κ2) is 7.92. The summed E-state index contributed by atoms with van der Waals surface area (Å²) >= 11 is 0. The van der Waals surface area contributed by atoms with Crippen molar-refractivity contribution in [3.8, 4) is 28.0 Å². The van der Waals surface area contributed by atoms with Crippen molar-refractivity contribution in [2.75, 3.05) is 51.0 Å². The minimum absolute atomic E-state index is 0.537. The number of methoxy groups -OCH3 is 1. The van der Waals surface area contributed by atoms with E-state index in [-0.39, 0.29) is 0 Å². The number of hydrogen-bond acceptors (Lipinski definition) is 6. The van der Waals surface area contributed by atoms with Crippen molar-refractivity contribution in [2.45, 2.75) is 0 Å². The van der Waals surface area contributed by atoms with Crippen LogP contribution in [0.3, 0.4) is 0 Å². The smallest absolute Gasteiger partial charge is 0.165 e. The van der Waals surface area contributed by atoms with Gasteiger partial charge >= 0.3 is 0 Å². The molecule has 0 aliphatic carbocycles. The van der Waals surface area contributed by atoms with Gasteiger partial charge in [0, 0.05) is 54.8 Å². The molecule has 158 valence electrons. The summed E-state index contributed by atoms with van der Waals surface area (Å²) < 4.78 is 7.19. The van der Waals surface area contributed by atoms with E-state index in [1.165, 1.54) is 5.69 Å². The van der Waals surface area contributed by atoms with E-state index in [9.17, 15) is 0 Å². The molecule has 1 aliphatic rings. The SMILES string of the molecule is COc1ccccc1-c1cnc2c(-c3ccc(N4CCN(C)CC4)cc3)cnn2c1N. The van der Waals surface area contributed by atoms with Gasteiger partial charge < -0.3 is 20.3 Å². The predicted octanol–water partition coefficient (Wildman–Crippen LogP) is 3.41. The molecule has 1 saturated heterocycles. The molecule has 0 radical (unpaired) electrons. The third-order valence-electron chi connectivity index (χ3n) is 6.01. The molecule has 0 amide bonds. The number of benzene rings is 2. The Labute approximate surface area is 181 Å². The third-order valence-corrected chi connectivity index (χ3v) is 6.01. The Hall–Kier alpha value is -3.58. The van der Waals surface area contributed by atoms with E-state index >= 15 is 0 Å². The molecule has 0 bridgehead atoms. The standard InChI is InChI=1S/C24H26N6O/c1-28-11-13-29(14-12-28)18-9-7-17(8-10-18)20-16-27-30-23(25)21(15-26-24(20)30)19-5-3-4-6-22(19)31-2/h3-10,15-16H,11-14,25H2,1-2H3. The number of nitrogens with zero attached hydrogens (tertiary/aromatic N) is 5. The Morgan fingerprint density at radius 1 is 0.871 bits per heavy atom. The van der Waals surface area contributed by atoms with Gasteiger partial charge in [0.2, 0.25) is 0 Å². The molecule has 5 rings (SSSR count). The molecule has 4 aromatic rings. The summed E-state index contributed by atoms with van der Waals surface area (Å²) in [5, 5.41) is 4.53. The normalized spacial score (nSPS) is 14.8. The van der Waals surface area contributed by atoms with E-state index in [4.69, 9.17) is 15.5 Å². The van der Waals surface area contributed by atoms with Gasteiger partial charge in [-0.15, -0.1) is 0 Å². The molecule has 3 heterocycles. The molecule has 0 saturated carbocycles. The van der Waals surface area contributed by atoms with Crippen molar-refractivity contribution in [3.63, 3.8) is 0 Å². The lowest BCUT2D eigenvalue weighted by atomic mass is 10.1. The lowest BCUT2D eigenvalue weighted by molar-refractivity contribution is 0.313. The van der Waals surface area contributed by atoms with Gasteiger partial charge in [0.25, 0.3) is 0 Å². The number of aromatic nitrogens is 3. The van der Waals surface area contributed by atoms with Crippen LogP contribution in [0.5, 0.6) is 5.75 Å². The fraction of sp³-hybridized carbons (Fsp3) is 0.250. The molecule has 2 aromatic carbocycles. The summed E-state index contributed by atoms with van der Waals surface area (Å²) in [7, 11) is 3.82. The van der Waals surface area contributed by atoms with Crippen LogP contribution >= 0.6 is 0 Å². The molecule has 7 nitrogen and oxygen atoms in total. The van der Waals surface area contributed by atoms with E-state index in [0.29, 0.717) is 5.82 Å². The van der Waals surface area contributed by atoms with E-state index in [0.717, 1.165) is 59.8 Å². The highest BCUT2D eigenvalue weighted by Gasteiger charge is 2.17. The van der Waals surface area contributed by atoms with Crippen LogP contribution in [0.25, 0.3) is 27.9 Å². The molecule has 0 atom stereocenters.